The van der Waals surface area contributed by atoms with Gasteiger partial charge in [-0.25, -0.2) is 13.1 Å². The van der Waals surface area contributed by atoms with E-state index < -0.39 is 10.0 Å². The van der Waals surface area contributed by atoms with E-state index in [1.807, 2.05) is 0 Å². The van der Waals surface area contributed by atoms with Crippen molar-refractivity contribution in [3.05, 3.63) is 22.7 Å². The summed E-state index contributed by atoms with van der Waals surface area (Å²) in [5.41, 5.74) is 0.324. The smallest absolute Gasteiger partial charge is 0.240 e. The Labute approximate surface area is 135 Å². The fraction of sp³-hybridized carbons (Fsp3) is 0.600. The van der Waals surface area contributed by atoms with E-state index in [1.165, 1.54) is 0 Å². The number of ether oxygens (including phenoxy) is 1. The number of rotatable bonds is 4. The summed E-state index contributed by atoms with van der Waals surface area (Å²) in [7, 11) is -1.93. The molecule has 1 N–H and O–H groups in total. The van der Waals surface area contributed by atoms with Gasteiger partial charge in [0.05, 0.1) is 16.5 Å². The molecule has 0 aromatic heterocycles. The van der Waals surface area contributed by atoms with Crippen molar-refractivity contribution in [2.45, 2.75) is 50.5 Å². The van der Waals surface area contributed by atoms with Gasteiger partial charge in [-0.1, -0.05) is 13.8 Å². The van der Waals surface area contributed by atoms with Crippen LogP contribution in [0, 0.1) is 5.41 Å². The fourth-order valence-corrected chi connectivity index (χ4v) is 4.64. The van der Waals surface area contributed by atoms with Gasteiger partial charge in [0.25, 0.3) is 0 Å². The molecule has 1 aromatic carbocycles. The molecule has 0 bridgehead atoms. The lowest BCUT2D eigenvalue weighted by Gasteiger charge is -2.34. The lowest BCUT2D eigenvalue weighted by molar-refractivity contribution is 0.218. The highest BCUT2D eigenvalue weighted by molar-refractivity contribution is 9.10. The number of halogens is 1. The maximum Gasteiger partial charge on any atom is 0.240 e. The molecule has 21 heavy (non-hydrogen) atoms. The molecule has 0 radical (unpaired) electrons. The van der Waals surface area contributed by atoms with E-state index in [9.17, 15) is 8.42 Å². The van der Waals surface area contributed by atoms with Crippen LogP contribution in [-0.2, 0) is 10.0 Å². The molecule has 1 saturated carbocycles. The molecule has 0 spiro atoms. The van der Waals surface area contributed by atoms with Gasteiger partial charge in [-0.05, 0) is 65.2 Å². The molecule has 1 aromatic rings. The Balaban J connectivity index is 2.10. The molecule has 0 unspecified atom stereocenters. The van der Waals surface area contributed by atoms with Gasteiger partial charge < -0.3 is 4.74 Å². The van der Waals surface area contributed by atoms with E-state index in [0.717, 1.165) is 25.7 Å². The summed E-state index contributed by atoms with van der Waals surface area (Å²) in [6, 6.07) is 4.83. The molecule has 0 heterocycles. The zero-order valence-corrected chi connectivity index (χ0v) is 15.1. The molecule has 0 atom stereocenters. The van der Waals surface area contributed by atoms with Gasteiger partial charge in [-0.3, -0.25) is 0 Å². The normalized spacial score (nSPS) is 19.4. The number of hydrogen-bond donors (Lipinski definition) is 1. The quantitative estimate of drug-likeness (QED) is 0.872. The maximum absolute atomic E-state index is 12.4. The number of nitrogens with one attached hydrogen (secondary N) is 1. The lowest BCUT2D eigenvalue weighted by Crippen LogP contribution is -2.39. The zero-order chi connectivity index (χ0) is 15.7. The van der Waals surface area contributed by atoms with Crippen molar-refractivity contribution in [3.8, 4) is 5.75 Å². The highest BCUT2D eigenvalue weighted by atomic mass is 79.9. The Hall–Kier alpha value is -0.590. The van der Waals surface area contributed by atoms with Crippen molar-refractivity contribution in [1.82, 2.24) is 4.72 Å². The Morgan fingerprint density at radius 3 is 2.43 bits per heavy atom. The Bertz CT molecular complexity index is 603. The predicted molar refractivity (Wildman–Crippen MR) is 87.1 cm³/mol. The van der Waals surface area contributed by atoms with Crippen molar-refractivity contribution in [2.75, 3.05) is 7.11 Å². The number of benzene rings is 1. The molecule has 6 heteroatoms. The number of sulfonamides is 1. The van der Waals surface area contributed by atoms with Gasteiger partial charge >= 0.3 is 0 Å². The SMILES string of the molecule is COc1ccc(S(=O)(=O)NC2CCC(C)(C)CC2)cc1Br. The maximum atomic E-state index is 12.4. The van der Waals surface area contributed by atoms with Crippen LogP contribution in [0.4, 0.5) is 0 Å². The number of hydrogen-bond acceptors (Lipinski definition) is 3. The highest BCUT2D eigenvalue weighted by Gasteiger charge is 2.29. The average Bonchev–Trinajstić information content (AvgIpc) is 2.41. The topological polar surface area (TPSA) is 55.4 Å². The second-order valence-corrected chi connectivity index (χ2v) is 8.92. The molecular weight excluding hydrogens is 354 g/mol. The van der Waals surface area contributed by atoms with E-state index >= 15 is 0 Å². The van der Waals surface area contributed by atoms with Crippen LogP contribution in [0.3, 0.4) is 0 Å². The van der Waals surface area contributed by atoms with Gasteiger partial charge in [0, 0.05) is 6.04 Å². The van der Waals surface area contributed by atoms with E-state index in [4.69, 9.17) is 4.74 Å². The summed E-state index contributed by atoms with van der Waals surface area (Å²) < 4.78 is 33.5. The minimum absolute atomic E-state index is 0.0314. The largest absolute Gasteiger partial charge is 0.496 e. The van der Waals surface area contributed by atoms with Gasteiger partial charge in [0.2, 0.25) is 10.0 Å². The van der Waals surface area contributed by atoms with Gasteiger partial charge in [-0.15, -0.1) is 0 Å². The van der Waals surface area contributed by atoms with E-state index in [0.29, 0.717) is 15.6 Å². The first kappa shape index (κ1) is 16.8. The molecule has 2 rings (SSSR count). The lowest BCUT2D eigenvalue weighted by atomic mass is 9.76. The molecule has 0 aliphatic heterocycles. The van der Waals surface area contributed by atoms with Gasteiger partial charge in [0.15, 0.2) is 0 Å². The first-order valence-electron chi connectivity index (χ1n) is 7.09. The van der Waals surface area contributed by atoms with Gasteiger partial charge in [-0.2, -0.15) is 0 Å². The van der Waals surface area contributed by atoms with Crippen LogP contribution in [0.2, 0.25) is 0 Å². The number of methoxy groups -OCH3 is 1. The molecule has 4 nitrogen and oxygen atoms in total. The van der Waals surface area contributed by atoms with Crippen molar-refractivity contribution in [2.24, 2.45) is 5.41 Å². The first-order valence-corrected chi connectivity index (χ1v) is 9.37. The third-order valence-corrected chi connectivity index (χ3v) is 6.23. The summed E-state index contributed by atoms with van der Waals surface area (Å²) in [4.78, 5) is 0.264. The summed E-state index contributed by atoms with van der Waals surface area (Å²) in [6.45, 7) is 4.47. The van der Waals surface area contributed by atoms with E-state index in [-0.39, 0.29) is 10.9 Å². The van der Waals surface area contributed by atoms with Crippen molar-refractivity contribution in [3.63, 3.8) is 0 Å². The summed E-state index contributed by atoms with van der Waals surface area (Å²) in [5.74, 6) is 0.619. The van der Waals surface area contributed by atoms with Crippen molar-refractivity contribution in [1.29, 1.82) is 0 Å². The minimum atomic E-state index is -3.48. The Kier molecular flexibility index (Phi) is 5.00. The van der Waals surface area contributed by atoms with Crippen LogP contribution in [0.1, 0.15) is 39.5 Å². The third-order valence-electron chi connectivity index (χ3n) is 4.09. The second kappa shape index (κ2) is 6.26. The molecule has 1 fully saturated rings. The molecule has 0 amide bonds. The van der Waals surface area contributed by atoms with Crippen molar-refractivity contribution < 1.29 is 13.2 Å². The molecular formula is C15H22BrNO3S. The molecule has 0 saturated heterocycles. The van der Waals surface area contributed by atoms with E-state index in [2.05, 4.69) is 34.5 Å². The molecule has 1 aliphatic carbocycles. The van der Waals surface area contributed by atoms with Crippen LogP contribution < -0.4 is 9.46 Å². The van der Waals surface area contributed by atoms with Crippen LogP contribution in [0.15, 0.2) is 27.6 Å². The van der Waals surface area contributed by atoms with Crippen molar-refractivity contribution >= 4 is 26.0 Å². The minimum Gasteiger partial charge on any atom is -0.496 e. The first-order chi connectivity index (χ1) is 9.73. The van der Waals surface area contributed by atoms with Gasteiger partial charge in [0.1, 0.15) is 5.75 Å². The fourth-order valence-electron chi connectivity index (χ4n) is 2.62. The second-order valence-electron chi connectivity index (χ2n) is 6.36. The van der Waals surface area contributed by atoms with E-state index in [1.54, 1.807) is 25.3 Å². The zero-order valence-electron chi connectivity index (χ0n) is 12.6. The summed E-state index contributed by atoms with van der Waals surface area (Å²) in [6.07, 6.45) is 3.88. The Morgan fingerprint density at radius 1 is 1.29 bits per heavy atom. The van der Waals surface area contributed by atoms with Crippen LogP contribution in [0.25, 0.3) is 0 Å². The summed E-state index contributed by atoms with van der Waals surface area (Å²) in [5, 5.41) is 0. The average molecular weight is 376 g/mol. The third kappa shape index (κ3) is 4.20. The summed E-state index contributed by atoms with van der Waals surface area (Å²) >= 11 is 3.32. The Morgan fingerprint density at radius 2 is 1.90 bits per heavy atom. The van der Waals surface area contributed by atoms with Crippen LogP contribution in [-0.4, -0.2) is 21.6 Å². The standard InChI is InChI=1S/C15H22BrNO3S/c1-15(2)8-6-11(7-9-15)17-21(18,19)12-4-5-14(20-3)13(16)10-12/h4-5,10-11,17H,6-9H2,1-3H3. The monoisotopic (exact) mass is 375 g/mol. The highest BCUT2D eigenvalue weighted by Crippen LogP contribution is 2.35. The van der Waals surface area contributed by atoms with Crippen LogP contribution in [0.5, 0.6) is 5.75 Å². The molecule has 118 valence electrons. The predicted octanol–water partition coefficient (Wildman–Crippen LogP) is 3.70. The molecule has 1 aliphatic rings. The van der Waals surface area contributed by atoms with Crippen LogP contribution >= 0.6 is 15.9 Å².